The molecular formula is C18H11BrS2. The minimum absolute atomic E-state index is 0.00676. The van der Waals surface area contributed by atoms with E-state index >= 15 is 0 Å². The summed E-state index contributed by atoms with van der Waals surface area (Å²) >= 11 is 7.53. The van der Waals surface area contributed by atoms with Gasteiger partial charge in [-0.15, -0.1) is 11.3 Å². The van der Waals surface area contributed by atoms with Gasteiger partial charge in [-0.3, -0.25) is 0 Å². The van der Waals surface area contributed by atoms with E-state index in [0.717, 1.165) is 0 Å². The van der Waals surface area contributed by atoms with E-state index in [9.17, 15) is 0 Å². The van der Waals surface area contributed by atoms with Crippen LogP contribution in [0.4, 0.5) is 0 Å². The molecule has 0 fully saturated rings. The predicted molar refractivity (Wildman–Crippen MR) is 95.6 cm³/mol. The molecule has 0 nitrogen and oxygen atoms in total. The van der Waals surface area contributed by atoms with Crippen LogP contribution < -0.4 is 10.4 Å². The van der Waals surface area contributed by atoms with Gasteiger partial charge in [0.1, 0.15) is 0 Å². The summed E-state index contributed by atoms with van der Waals surface area (Å²) in [6.45, 7) is 2.32. The molecule has 1 atom stereocenters. The van der Waals surface area contributed by atoms with Crippen LogP contribution in [-0.2, 0) is 5.41 Å². The maximum Gasteiger partial charge on any atom is 0.0397 e. The Bertz CT molecular complexity index is 1050. The minimum atomic E-state index is 0.00676. The molecule has 3 heteroatoms. The second-order valence-corrected chi connectivity index (χ2v) is 8.85. The van der Waals surface area contributed by atoms with Gasteiger partial charge >= 0.3 is 0 Å². The van der Waals surface area contributed by atoms with Crippen molar-refractivity contribution in [3.8, 4) is 0 Å². The Hall–Kier alpha value is -1.03. The minimum Gasteiger partial charge on any atom is -0.139 e. The Morgan fingerprint density at radius 2 is 1.86 bits per heavy atom. The summed E-state index contributed by atoms with van der Waals surface area (Å²) in [7, 11) is 0. The fourth-order valence-corrected chi connectivity index (χ4v) is 6.04. The third kappa shape index (κ3) is 1.63. The van der Waals surface area contributed by atoms with Crippen molar-refractivity contribution in [1.82, 2.24) is 0 Å². The average Bonchev–Trinajstić information content (AvgIpc) is 3.05. The van der Waals surface area contributed by atoms with Gasteiger partial charge in [-0.1, -0.05) is 45.9 Å². The van der Waals surface area contributed by atoms with Gasteiger partial charge in [0, 0.05) is 34.6 Å². The molecule has 0 spiro atoms. The highest BCUT2D eigenvalue weighted by atomic mass is 79.9. The third-order valence-corrected chi connectivity index (χ3v) is 7.55. The Balaban J connectivity index is 2.01. The first kappa shape index (κ1) is 12.5. The topological polar surface area (TPSA) is 0 Å². The molecular weight excluding hydrogens is 360 g/mol. The molecule has 4 bridgehead atoms. The molecule has 1 aliphatic carbocycles. The highest BCUT2D eigenvalue weighted by Gasteiger charge is 2.29. The molecule has 2 heterocycles. The lowest BCUT2D eigenvalue weighted by molar-refractivity contribution is 0.887. The highest BCUT2D eigenvalue weighted by molar-refractivity contribution is 9.10. The van der Waals surface area contributed by atoms with Gasteiger partial charge in [0.2, 0.25) is 0 Å². The Labute approximate surface area is 139 Å². The number of thiophene rings is 1. The number of benzene rings is 2. The molecule has 0 radical (unpaired) electrons. The molecule has 0 N–H and O–H groups in total. The summed E-state index contributed by atoms with van der Waals surface area (Å²) in [6.07, 6.45) is 4.84. The Morgan fingerprint density at radius 3 is 2.76 bits per heavy atom. The van der Waals surface area contributed by atoms with Crippen LogP contribution in [0.5, 0.6) is 0 Å². The molecule has 2 aliphatic rings. The summed E-state index contributed by atoms with van der Waals surface area (Å²) in [5, 5.41) is 4.12. The van der Waals surface area contributed by atoms with Crippen molar-refractivity contribution in [3.05, 3.63) is 56.2 Å². The number of fused-ring (bicyclic) bond motifs is 3. The zero-order chi connectivity index (χ0) is 14.2. The van der Waals surface area contributed by atoms with Crippen molar-refractivity contribution in [1.29, 1.82) is 0 Å². The summed E-state index contributed by atoms with van der Waals surface area (Å²) in [4.78, 5) is 4.15. The molecule has 5 rings (SSSR count). The van der Waals surface area contributed by atoms with E-state index in [4.69, 9.17) is 0 Å². The number of hydrogen-bond acceptors (Lipinski definition) is 2. The molecule has 102 valence electrons. The zero-order valence-corrected chi connectivity index (χ0v) is 14.5. The van der Waals surface area contributed by atoms with E-state index in [1.807, 2.05) is 23.1 Å². The molecule has 21 heavy (non-hydrogen) atoms. The van der Waals surface area contributed by atoms with E-state index in [0.29, 0.717) is 0 Å². The first-order valence-corrected chi connectivity index (χ1v) is 9.32. The van der Waals surface area contributed by atoms with Gasteiger partial charge in [-0.2, -0.15) is 0 Å². The molecule has 0 saturated heterocycles. The first-order valence-electron chi connectivity index (χ1n) is 6.89. The van der Waals surface area contributed by atoms with Gasteiger partial charge in [-0.05, 0) is 47.7 Å². The monoisotopic (exact) mass is 370 g/mol. The Kier molecular flexibility index (Phi) is 2.40. The van der Waals surface area contributed by atoms with E-state index in [1.54, 1.807) is 0 Å². The van der Waals surface area contributed by atoms with Crippen molar-refractivity contribution in [2.75, 3.05) is 0 Å². The first-order chi connectivity index (χ1) is 10.1. The van der Waals surface area contributed by atoms with Crippen molar-refractivity contribution < 1.29 is 0 Å². The van der Waals surface area contributed by atoms with Crippen LogP contribution in [0, 0.1) is 0 Å². The van der Waals surface area contributed by atoms with Crippen LogP contribution in [0.15, 0.2) is 50.7 Å². The van der Waals surface area contributed by atoms with Gasteiger partial charge in [0.05, 0.1) is 0 Å². The average molecular weight is 371 g/mol. The maximum absolute atomic E-state index is 3.72. The summed E-state index contributed by atoms with van der Waals surface area (Å²) in [6, 6.07) is 13.5. The number of hydrogen-bond donors (Lipinski definition) is 0. The van der Waals surface area contributed by atoms with Gasteiger partial charge < -0.3 is 0 Å². The largest absolute Gasteiger partial charge is 0.139 e. The second-order valence-electron chi connectivity index (χ2n) is 5.82. The van der Waals surface area contributed by atoms with E-state index < -0.39 is 0 Å². The highest BCUT2D eigenvalue weighted by Crippen LogP contribution is 2.43. The maximum atomic E-state index is 3.72. The summed E-state index contributed by atoms with van der Waals surface area (Å²) < 4.78 is 2.58. The lowest BCUT2D eigenvalue weighted by Gasteiger charge is -2.16. The second kappa shape index (κ2) is 4.03. The van der Waals surface area contributed by atoms with Crippen molar-refractivity contribution in [2.24, 2.45) is 0 Å². The molecule has 1 aliphatic heterocycles. The molecule has 0 amide bonds. The number of rotatable bonds is 0. The standard InChI is InChI=1S/C18H11BrS2/c1-18-8-11-12(9-18)16(6-5-13(11)19)20-14-3-2-4-15-10(14)7-17(18)21-15/h2-9H,1H3. The smallest absolute Gasteiger partial charge is 0.0397 e. The SMILES string of the molecule is CC12C=c3c(Br)ccc(c3=C1)Sc1cccc3sc2cc13. The Morgan fingerprint density at radius 1 is 1.00 bits per heavy atom. The van der Waals surface area contributed by atoms with Crippen LogP contribution >= 0.6 is 39.0 Å². The zero-order valence-electron chi connectivity index (χ0n) is 11.3. The summed E-state index contributed by atoms with van der Waals surface area (Å²) in [5.74, 6) is 0. The van der Waals surface area contributed by atoms with Crippen LogP contribution in [0.3, 0.4) is 0 Å². The van der Waals surface area contributed by atoms with Crippen molar-refractivity contribution in [2.45, 2.75) is 22.1 Å². The normalized spacial score (nSPS) is 21.6. The van der Waals surface area contributed by atoms with Gasteiger partial charge in [-0.25, -0.2) is 0 Å². The molecule has 1 unspecified atom stereocenters. The molecule has 0 saturated carbocycles. The van der Waals surface area contributed by atoms with E-state index in [2.05, 4.69) is 71.4 Å². The van der Waals surface area contributed by atoms with E-state index in [-0.39, 0.29) is 5.41 Å². The lowest BCUT2D eigenvalue weighted by Crippen LogP contribution is -2.24. The fourth-order valence-electron chi connectivity index (χ4n) is 3.27. The molecule has 2 aromatic carbocycles. The predicted octanol–water partition coefficient (Wildman–Crippen LogP) is 4.66. The van der Waals surface area contributed by atoms with Gasteiger partial charge in [0.15, 0.2) is 0 Å². The van der Waals surface area contributed by atoms with Gasteiger partial charge in [0.25, 0.3) is 0 Å². The van der Waals surface area contributed by atoms with Crippen molar-refractivity contribution >= 4 is 61.3 Å². The van der Waals surface area contributed by atoms with Crippen molar-refractivity contribution in [3.63, 3.8) is 0 Å². The lowest BCUT2D eigenvalue weighted by atomic mass is 9.90. The van der Waals surface area contributed by atoms with Crippen LogP contribution in [0.2, 0.25) is 0 Å². The third-order valence-electron chi connectivity index (χ3n) is 4.35. The number of halogens is 1. The van der Waals surface area contributed by atoms with Crippen LogP contribution in [-0.4, -0.2) is 0 Å². The molecule has 3 aromatic rings. The van der Waals surface area contributed by atoms with E-state index in [1.165, 1.54) is 39.7 Å². The van der Waals surface area contributed by atoms with Crippen LogP contribution in [0.25, 0.3) is 22.2 Å². The fraction of sp³-hybridized carbons (Fsp3) is 0.111. The van der Waals surface area contributed by atoms with Crippen LogP contribution in [0.1, 0.15) is 11.8 Å². The summed E-state index contributed by atoms with van der Waals surface area (Å²) in [5.41, 5.74) is 0.00676. The quantitative estimate of drug-likeness (QED) is 0.554. The molecule has 1 aromatic heterocycles.